The Labute approximate surface area is 167 Å². The van der Waals surface area contributed by atoms with E-state index in [0.29, 0.717) is 6.42 Å². The lowest BCUT2D eigenvalue weighted by Crippen LogP contribution is -2.46. The second-order valence-corrected chi connectivity index (χ2v) is 6.57. The lowest BCUT2D eigenvalue weighted by molar-refractivity contribution is -0.849. The van der Waals surface area contributed by atoms with E-state index in [1.807, 2.05) is 72.8 Å². The van der Waals surface area contributed by atoms with Gasteiger partial charge in [0.15, 0.2) is 0 Å². The molecular weight excluding hydrogens is 368 g/mol. The van der Waals surface area contributed by atoms with Crippen molar-refractivity contribution in [1.29, 1.82) is 0 Å². The van der Waals surface area contributed by atoms with Gasteiger partial charge >= 0.3 is 11.9 Å². The lowest BCUT2D eigenvalue weighted by atomic mass is 10.2. The normalized spacial score (nSPS) is 10.8. The number of pyridine rings is 2. The van der Waals surface area contributed by atoms with Crippen LogP contribution in [0, 0.1) is 0 Å². The Balaban J connectivity index is 1.31. The van der Waals surface area contributed by atoms with E-state index < -0.39 is 11.9 Å². The zero-order valence-electron chi connectivity index (χ0n) is 15.7. The van der Waals surface area contributed by atoms with Crippen LogP contribution in [0.5, 0.6) is 0 Å². The van der Waals surface area contributed by atoms with E-state index in [1.165, 1.54) is 9.46 Å². The molecule has 144 valence electrons. The van der Waals surface area contributed by atoms with Crippen molar-refractivity contribution in [1.82, 2.24) is 0 Å². The van der Waals surface area contributed by atoms with Crippen LogP contribution in [0.1, 0.15) is 19.3 Å². The maximum absolute atomic E-state index is 12.2. The van der Waals surface area contributed by atoms with Gasteiger partial charge in [0.2, 0.25) is 12.4 Å². The molecule has 0 N–H and O–H groups in total. The fourth-order valence-corrected chi connectivity index (χ4v) is 3.12. The van der Waals surface area contributed by atoms with E-state index in [0.717, 1.165) is 21.8 Å². The predicted octanol–water partition coefficient (Wildman–Crippen LogP) is 2.35. The molecule has 0 saturated carbocycles. The van der Waals surface area contributed by atoms with Gasteiger partial charge in [0, 0.05) is 33.7 Å². The third kappa shape index (κ3) is 4.38. The topological polar surface area (TPSA) is 60.4 Å². The molecule has 4 rings (SSSR count). The molecule has 4 aromatic rings. The Morgan fingerprint density at radius 2 is 1.03 bits per heavy atom. The van der Waals surface area contributed by atoms with Gasteiger partial charge in [-0.3, -0.25) is 0 Å². The molecule has 2 aromatic heterocycles. The van der Waals surface area contributed by atoms with Crippen molar-refractivity contribution < 1.29 is 28.7 Å². The summed E-state index contributed by atoms with van der Waals surface area (Å²) in [5.74, 6) is -0.811. The molecule has 6 heteroatoms. The van der Waals surface area contributed by atoms with Crippen molar-refractivity contribution in [3.8, 4) is 0 Å². The summed E-state index contributed by atoms with van der Waals surface area (Å²) < 4.78 is 2.89. The summed E-state index contributed by atoms with van der Waals surface area (Å²) in [6, 6.07) is 22.8. The summed E-state index contributed by atoms with van der Waals surface area (Å²) in [6.07, 6.45) is 3.95. The average Bonchev–Trinajstić information content (AvgIpc) is 2.74. The number of hydrogen-bond donors (Lipinski definition) is 0. The van der Waals surface area contributed by atoms with Gasteiger partial charge in [-0.1, -0.05) is 24.3 Å². The van der Waals surface area contributed by atoms with Crippen LogP contribution in [0.3, 0.4) is 0 Å². The van der Waals surface area contributed by atoms with E-state index in [1.54, 1.807) is 12.4 Å². The molecule has 0 amide bonds. The number of nitrogens with zero attached hydrogens (tertiary/aromatic N) is 2. The number of para-hydroxylation sites is 2. The van der Waals surface area contributed by atoms with E-state index >= 15 is 0 Å². The van der Waals surface area contributed by atoms with Crippen LogP contribution in [0.15, 0.2) is 85.2 Å². The molecule has 2 heterocycles. The molecule has 29 heavy (non-hydrogen) atoms. The Morgan fingerprint density at radius 3 is 1.52 bits per heavy atom. The zero-order chi connectivity index (χ0) is 20.1. The largest absolute Gasteiger partial charge is 0.380 e. The average molecular weight is 388 g/mol. The summed E-state index contributed by atoms with van der Waals surface area (Å²) in [5, 5.41) is 1.94. The number of hydrogen-bond acceptors (Lipinski definition) is 4. The molecule has 0 radical (unpaired) electrons. The molecule has 0 spiro atoms. The first-order chi connectivity index (χ1) is 14.2. The highest BCUT2D eigenvalue weighted by Crippen LogP contribution is 2.08. The van der Waals surface area contributed by atoms with E-state index in [9.17, 15) is 9.59 Å². The van der Waals surface area contributed by atoms with E-state index in [4.69, 9.17) is 9.68 Å². The zero-order valence-corrected chi connectivity index (χ0v) is 15.7. The van der Waals surface area contributed by atoms with Gasteiger partial charge in [-0.25, -0.2) is 9.59 Å². The second-order valence-electron chi connectivity index (χ2n) is 6.57. The number of carbonyl (C=O) groups is 2. The third-order valence-electron chi connectivity index (χ3n) is 4.50. The van der Waals surface area contributed by atoms with Crippen molar-refractivity contribution in [3.05, 3.63) is 85.2 Å². The van der Waals surface area contributed by atoms with Gasteiger partial charge in [0.05, 0.1) is 23.6 Å². The summed E-state index contributed by atoms with van der Waals surface area (Å²) in [4.78, 5) is 35.2. The number of aromatic nitrogens is 2. The fourth-order valence-electron chi connectivity index (χ4n) is 3.12. The summed E-state index contributed by atoms with van der Waals surface area (Å²) in [6.45, 7) is 0. The molecule has 2 aromatic carbocycles. The monoisotopic (exact) mass is 388 g/mol. The maximum atomic E-state index is 12.2. The van der Waals surface area contributed by atoms with Crippen LogP contribution in [-0.4, -0.2) is 11.9 Å². The quantitative estimate of drug-likeness (QED) is 0.476. The van der Waals surface area contributed by atoms with Crippen molar-refractivity contribution in [2.45, 2.75) is 19.3 Å². The third-order valence-corrected chi connectivity index (χ3v) is 4.50. The Bertz CT molecular complexity index is 1090. The minimum atomic E-state index is -0.406. The van der Waals surface area contributed by atoms with Gasteiger partial charge in [-0.05, 0) is 30.7 Å². The maximum Gasteiger partial charge on any atom is 0.380 e. The van der Waals surface area contributed by atoms with Gasteiger partial charge < -0.3 is 0 Å². The number of carbonyl (C=O) groups excluding carboxylic acids is 2. The second kappa shape index (κ2) is 8.48. The van der Waals surface area contributed by atoms with Crippen molar-refractivity contribution >= 4 is 33.7 Å². The molecule has 0 fully saturated rings. The number of benzene rings is 2. The van der Waals surface area contributed by atoms with Gasteiger partial charge in [-0.15, -0.1) is 0 Å². The van der Waals surface area contributed by atoms with Crippen LogP contribution < -0.4 is 19.1 Å². The van der Waals surface area contributed by atoms with Crippen molar-refractivity contribution in [2.75, 3.05) is 0 Å². The minimum absolute atomic E-state index is 0.117. The van der Waals surface area contributed by atoms with Gasteiger partial charge in [0.25, 0.3) is 11.0 Å². The summed E-state index contributed by atoms with van der Waals surface area (Å²) in [5.41, 5.74) is 1.60. The first-order valence-electron chi connectivity index (χ1n) is 9.42. The first kappa shape index (κ1) is 18.6. The summed E-state index contributed by atoms with van der Waals surface area (Å²) in [7, 11) is 0. The first-order valence-corrected chi connectivity index (χ1v) is 9.42. The molecule has 0 aliphatic rings. The smallest absolute Gasteiger partial charge is 0.245 e. The highest BCUT2D eigenvalue weighted by atomic mass is 16.7. The Morgan fingerprint density at radius 1 is 0.621 bits per heavy atom. The van der Waals surface area contributed by atoms with Crippen LogP contribution in [-0.2, 0) is 9.59 Å². The van der Waals surface area contributed by atoms with E-state index in [2.05, 4.69) is 0 Å². The van der Waals surface area contributed by atoms with Crippen molar-refractivity contribution in [3.63, 3.8) is 0 Å². The molecule has 0 aliphatic heterocycles. The highest BCUT2D eigenvalue weighted by Gasteiger charge is 2.18. The van der Waals surface area contributed by atoms with Crippen LogP contribution in [0.2, 0.25) is 0 Å². The summed E-state index contributed by atoms with van der Waals surface area (Å²) >= 11 is 0. The van der Waals surface area contributed by atoms with Gasteiger partial charge in [0.1, 0.15) is 0 Å². The number of fused-ring (bicyclic) bond motifs is 2. The fraction of sp³-hybridized carbons (Fsp3) is 0.130. The van der Waals surface area contributed by atoms with Crippen LogP contribution >= 0.6 is 0 Å². The molecule has 0 aliphatic carbocycles. The highest BCUT2D eigenvalue weighted by molar-refractivity contribution is 5.76. The molecule has 6 nitrogen and oxygen atoms in total. The standard InChI is InChI=1S/C23H20N2O4/c26-22(28-24-16-6-10-18-8-1-3-12-20(18)24)14-5-15-23(27)29-25-17-7-11-19-9-2-4-13-21(19)25/h1-4,6-13,16-17H,5,14-15H2/q+2. The Hall–Kier alpha value is -3.80. The van der Waals surface area contributed by atoms with Gasteiger partial charge in [-0.2, -0.15) is 9.68 Å². The molecule has 0 unspecified atom stereocenters. The number of rotatable bonds is 6. The molecule has 0 bridgehead atoms. The predicted molar refractivity (Wildman–Crippen MR) is 105 cm³/mol. The minimum Gasteiger partial charge on any atom is -0.245 e. The van der Waals surface area contributed by atoms with Crippen molar-refractivity contribution in [2.24, 2.45) is 0 Å². The molecular formula is C23H20N2O4+2. The van der Waals surface area contributed by atoms with Crippen LogP contribution in [0.4, 0.5) is 0 Å². The lowest BCUT2D eigenvalue weighted by Gasteiger charge is -2.01. The molecule has 0 atom stereocenters. The Kier molecular flexibility index (Phi) is 5.42. The molecule has 0 saturated heterocycles. The van der Waals surface area contributed by atoms with E-state index in [-0.39, 0.29) is 12.8 Å². The van der Waals surface area contributed by atoms with Crippen LogP contribution in [0.25, 0.3) is 21.8 Å². The SMILES string of the molecule is O=C(CCCC(=O)O[n+]1cccc2ccccc21)O[n+]1cccc2ccccc21.